The lowest BCUT2D eigenvalue weighted by Crippen LogP contribution is -2.51. The quantitative estimate of drug-likeness (QED) is 0.368. The Morgan fingerprint density at radius 1 is 1.04 bits per heavy atom. The third-order valence-electron chi connectivity index (χ3n) is 9.27. The molecule has 0 N–H and O–H groups in total. The summed E-state index contributed by atoms with van der Waals surface area (Å²) in [4.78, 5) is 0. The van der Waals surface area contributed by atoms with Crippen molar-refractivity contribution in [2.24, 2.45) is 39.9 Å². The molecule has 0 bridgehead atoms. The van der Waals surface area contributed by atoms with Gasteiger partial charge in [0.15, 0.2) is 0 Å². The normalized spacial score (nSPS) is 55.2. The van der Waals surface area contributed by atoms with Crippen molar-refractivity contribution in [2.75, 3.05) is 0 Å². The van der Waals surface area contributed by atoms with Gasteiger partial charge in [-0.1, -0.05) is 38.3 Å². The van der Waals surface area contributed by atoms with E-state index in [0.29, 0.717) is 10.8 Å². The Morgan fingerprint density at radius 2 is 1.78 bits per heavy atom. The lowest BCUT2D eigenvalue weighted by Gasteiger charge is -2.59. The predicted molar refractivity (Wildman–Crippen MR) is 97.8 cm³/mol. The van der Waals surface area contributed by atoms with Gasteiger partial charge in [0.1, 0.15) is 0 Å². The van der Waals surface area contributed by atoms with Gasteiger partial charge in [-0.2, -0.15) is 0 Å². The number of terminal acetylenes is 1. The Labute approximate surface area is 143 Å². The van der Waals surface area contributed by atoms with Crippen molar-refractivity contribution >= 4 is 0 Å². The minimum absolute atomic E-state index is 0.134. The van der Waals surface area contributed by atoms with Crippen molar-refractivity contribution in [3.05, 3.63) is 11.6 Å². The van der Waals surface area contributed by atoms with Crippen LogP contribution in [0.15, 0.2) is 11.6 Å². The minimum atomic E-state index is 0.134. The zero-order chi connectivity index (χ0) is 16.5. The van der Waals surface area contributed by atoms with Crippen LogP contribution in [0.2, 0.25) is 0 Å². The van der Waals surface area contributed by atoms with Gasteiger partial charge in [0.2, 0.25) is 0 Å². The number of hydrogen-bond acceptors (Lipinski definition) is 0. The molecule has 0 heterocycles. The molecule has 0 aliphatic heterocycles. The van der Waals surface area contributed by atoms with E-state index in [0.717, 1.165) is 23.7 Å². The summed E-state index contributed by atoms with van der Waals surface area (Å²) in [7, 11) is 0. The molecule has 0 heteroatoms. The van der Waals surface area contributed by atoms with Crippen LogP contribution >= 0.6 is 0 Å². The van der Waals surface area contributed by atoms with Crippen LogP contribution in [0.4, 0.5) is 0 Å². The van der Waals surface area contributed by atoms with Gasteiger partial charge in [-0.3, -0.25) is 0 Å². The van der Waals surface area contributed by atoms with Gasteiger partial charge in [-0.25, -0.2) is 0 Å². The molecule has 0 nitrogen and oxygen atoms in total. The zero-order valence-corrected chi connectivity index (χ0v) is 15.6. The van der Waals surface area contributed by atoms with E-state index in [1.54, 1.807) is 0 Å². The highest BCUT2D eigenvalue weighted by atomic mass is 14.7. The van der Waals surface area contributed by atoms with Gasteiger partial charge in [0.05, 0.1) is 0 Å². The van der Waals surface area contributed by atoms with Crippen LogP contribution < -0.4 is 0 Å². The standard InChI is InChI=1S/C23H34/c1-6-21(3)12-10-20-18-8-7-17-15-16(2)9-13-22(17,4)19(18)11-14-23(20,21)5/h1,7,16,18-20H,8-15H2,2-5H3. The van der Waals surface area contributed by atoms with Crippen LogP contribution in [-0.2, 0) is 0 Å². The molecule has 0 aromatic rings. The molecule has 3 fully saturated rings. The summed E-state index contributed by atoms with van der Waals surface area (Å²) in [6.07, 6.45) is 19.6. The second-order valence-corrected chi connectivity index (χ2v) is 10.1. The first-order chi connectivity index (χ1) is 10.8. The highest BCUT2D eigenvalue weighted by Gasteiger charge is 2.61. The number of hydrogen-bond donors (Lipinski definition) is 0. The highest BCUT2D eigenvalue weighted by molar-refractivity contribution is 5.27. The first-order valence-electron chi connectivity index (χ1n) is 10.0. The lowest BCUT2D eigenvalue weighted by molar-refractivity contribution is -0.0541. The molecule has 4 aliphatic rings. The van der Waals surface area contributed by atoms with E-state index < -0.39 is 0 Å². The van der Waals surface area contributed by atoms with E-state index >= 15 is 0 Å². The topological polar surface area (TPSA) is 0 Å². The summed E-state index contributed by atoms with van der Waals surface area (Å²) in [5.74, 6) is 6.81. The van der Waals surface area contributed by atoms with Crippen molar-refractivity contribution in [1.82, 2.24) is 0 Å². The van der Waals surface area contributed by atoms with Gasteiger partial charge in [0.25, 0.3) is 0 Å². The zero-order valence-electron chi connectivity index (χ0n) is 15.6. The van der Waals surface area contributed by atoms with Crippen molar-refractivity contribution < 1.29 is 0 Å². The van der Waals surface area contributed by atoms with Gasteiger partial charge >= 0.3 is 0 Å². The van der Waals surface area contributed by atoms with Crippen molar-refractivity contribution in [1.29, 1.82) is 0 Å². The van der Waals surface area contributed by atoms with E-state index in [4.69, 9.17) is 6.42 Å². The summed E-state index contributed by atoms with van der Waals surface area (Å²) in [5.41, 5.74) is 2.84. The van der Waals surface area contributed by atoms with E-state index in [1.165, 1.54) is 51.4 Å². The Kier molecular flexibility index (Phi) is 3.37. The second kappa shape index (κ2) is 4.91. The van der Waals surface area contributed by atoms with Crippen LogP contribution in [0.3, 0.4) is 0 Å². The van der Waals surface area contributed by atoms with Gasteiger partial charge in [0, 0.05) is 5.41 Å². The fourth-order valence-electron chi connectivity index (χ4n) is 7.35. The third-order valence-corrected chi connectivity index (χ3v) is 9.27. The number of allylic oxidation sites excluding steroid dienone is 2. The number of fused-ring (bicyclic) bond motifs is 5. The summed E-state index contributed by atoms with van der Waals surface area (Å²) < 4.78 is 0. The van der Waals surface area contributed by atoms with E-state index in [2.05, 4.69) is 39.7 Å². The molecular weight excluding hydrogens is 276 g/mol. The van der Waals surface area contributed by atoms with E-state index in [9.17, 15) is 0 Å². The molecule has 4 rings (SSSR count). The first kappa shape index (κ1) is 15.8. The largest absolute Gasteiger partial charge is 0.120 e. The van der Waals surface area contributed by atoms with Gasteiger partial charge in [-0.15, -0.1) is 6.42 Å². The minimum Gasteiger partial charge on any atom is -0.120 e. The number of rotatable bonds is 0. The molecule has 7 unspecified atom stereocenters. The fraction of sp³-hybridized carbons (Fsp3) is 0.826. The Hall–Kier alpha value is -0.700. The van der Waals surface area contributed by atoms with Crippen LogP contribution in [0.25, 0.3) is 0 Å². The Morgan fingerprint density at radius 3 is 2.52 bits per heavy atom. The molecule has 0 radical (unpaired) electrons. The molecule has 0 spiro atoms. The first-order valence-corrected chi connectivity index (χ1v) is 10.0. The molecule has 0 amide bonds. The highest BCUT2D eigenvalue weighted by Crippen LogP contribution is 2.69. The Balaban J connectivity index is 1.69. The maximum Gasteiger partial charge on any atom is 0.0340 e. The van der Waals surface area contributed by atoms with Crippen LogP contribution in [0.5, 0.6) is 0 Å². The fourth-order valence-corrected chi connectivity index (χ4v) is 7.35. The summed E-state index contributed by atoms with van der Waals surface area (Å²) >= 11 is 0. The third kappa shape index (κ3) is 1.92. The molecule has 126 valence electrons. The SMILES string of the molecule is C#CC1(C)CCC2C3CC=C4CC(C)CCC4(C)C3CCC21C. The van der Waals surface area contributed by atoms with E-state index in [1.807, 2.05) is 5.57 Å². The predicted octanol–water partition coefficient (Wildman–Crippen LogP) is 6.22. The maximum atomic E-state index is 6.01. The van der Waals surface area contributed by atoms with E-state index in [-0.39, 0.29) is 5.41 Å². The van der Waals surface area contributed by atoms with Crippen molar-refractivity contribution in [3.63, 3.8) is 0 Å². The maximum absolute atomic E-state index is 6.01. The van der Waals surface area contributed by atoms with Gasteiger partial charge < -0.3 is 0 Å². The molecule has 4 aliphatic carbocycles. The molecule has 23 heavy (non-hydrogen) atoms. The van der Waals surface area contributed by atoms with Crippen molar-refractivity contribution in [3.8, 4) is 12.3 Å². The Bertz CT molecular complexity index is 577. The van der Waals surface area contributed by atoms with Crippen LogP contribution in [0.1, 0.15) is 79.1 Å². The van der Waals surface area contributed by atoms with Gasteiger partial charge in [-0.05, 0) is 92.8 Å². The summed E-state index contributed by atoms with van der Waals surface area (Å²) in [6.45, 7) is 9.96. The second-order valence-electron chi connectivity index (χ2n) is 10.1. The lowest BCUT2D eigenvalue weighted by atomic mass is 9.45. The summed E-state index contributed by atoms with van der Waals surface area (Å²) in [6, 6.07) is 0. The molecular formula is C23H34. The summed E-state index contributed by atoms with van der Waals surface area (Å²) in [5, 5.41) is 0. The molecule has 3 saturated carbocycles. The molecule has 7 atom stereocenters. The molecule has 0 aromatic carbocycles. The van der Waals surface area contributed by atoms with Crippen molar-refractivity contribution in [2.45, 2.75) is 79.1 Å². The average molecular weight is 311 g/mol. The average Bonchev–Trinajstić information content (AvgIpc) is 2.80. The van der Waals surface area contributed by atoms with Crippen LogP contribution in [0, 0.1) is 52.3 Å². The molecule has 0 saturated heterocycles. The van der Waals surface area contributed by atoms with Crippen LogP contribution in [-0.4, -0.2) is 0 Å². The monoisotopic (exact) mass is 310 g/mol. The molecule has 0 aromatic heterocycles. The smallest absolute Gasteiger partial charge is 0.0340 e.